The Morgan fingerprint density at radius 2 is 1.40 bits per heavy atom. The largest absolute Gasteiger partial charge is 0.673 e. The van der Waals surface area contributed by atoms with Crippen LogP contribution in [-0.2, 0) is 18.4 Å². The van der Waals surface area contributed by atoms with Crippen molar-refractivity contribution in [2.75, 3.05) is 0 Å². The molecule has 1 rings (SSSR count). The Labute approximate surface area is 100 Å². The van der Waals surface area contributed by atoms with Crippen LogP contribution in [0.5, 0.6) is 0 Å². The van der Waals surface area contributed by atoms with Gasteiger partial charge in [-0.3, -0.25) is 0 Å². The molecule has 1 aromatic rings. The SMILES string of the molecule is F[B-](F)(F)F.[SH2+]Cc1c(Cl)cccc1Cl. The molecule has 0 fully saturated rings. The molecule has 0 nitrogen and oxygen atoms in total. The topological polar surface area (TPSA) is 0 Å². The molecule has 0 aliphatic heterocycles. The van der Waals surface area contributed by atoms with Crippen molar-refractivity contribution in [3.8, 4) is 0 Å². The lowest BCUT2D eigenvalue weighted by Crippen LogP contribution is -2.02. The fourth-order valence-electron chi connectivity index (χ4n) is 0.701. The summed E-state index contributed by atoms with van der Waals surface area (Å²) >= 11 is 15.0. The minimum atomic E-state index is -6.00. The summed E-state index contributed by atoms with van der Waals surface area (Å²) in [5, 5.41) is 1.42. The molecule has 0 saturated heterocycles. The highest BCUT2D eigenvalue weighted by molar-refractivity contribution is 7.57. The van der Waals surface area contributed by atoms with E-state index in [4.69, 9.17) is 23.2 Å². The Hall–Kier alpha value is -0.0651. The normalized spacial score (nSPS) is 10.6. The predicted molar refractivity (Wildman–Crippen MR) is 60.5 cm³/mol. The van der Waals surface area contributed by atoms with Crippen LogP contribution in [0, 0.1) is 0 Å². The molecule has 0 bridgehead atoms. The van der Waals surface area contributed by atoms with E-state index in [1.165, 1.54) is 0 Å². The third-order valence-corrected chi connectivity index (χ3v) is 2.30. The predicted octanol–water partition coefficient (Wildman–Crippen LogP) is 3.80. The van der Waals surface area contributed by atoms with Crippen molar-refractivity contribution >= 4 is 43.1 Å². The van der Waals surface area contributed by atoms with Gasteiger partial charge in [0, 0.05) is 15.6 Å². The lowest BCUT2D eigenvalue weighted by molar-refractivity contribution is 0.368. The Kier molecular flexibility index (Phi) is 6.47. The zero-order valence-electron chi connectivity index (χ0n) is 7.28. The minimum Gasteiger partial charge on any atom is -0.418 e. The Bertz CT molecular complexity index is 292. The van der Waals surface area contributed by atoms with Crippen molar-refractivity contribution in [1.82, 2.24) is 0 Å². The minimum absolute atomic E-state index is 0.693. The van der Waals surface area contributed by atoms with Crippen LogP contribution >= 0.6 is 23.2 Å². The average Bonchev–Trinajstić information content (AvgIpc) is 2.01. The smallest absolute Gasteiger partial charge is 0.418 e. The molecule has 0 spiro atoms. The van der Waals surface area contributed by atoms with Crippen LogP contribution in [0.3, 0.4) is 0 Å². The van der Waals surface area contributed by atoms with E-state index in [0.717, 1.165) is 5.56 Å². The van der Waals surface area contributed by atoms with Crippen molar-refractivity contribution in [3.63, 3.8) is 0 Å². The molecular formula is C7H7BCl2F4S. The highest BCUT2D eigenvalue weighted by Gasteiger charge is 2.20. The van der Waals surface area contributed by atoms with Crippen molar-refractivity contribution in [2.45, 2.75) is 5.75 Å². The molecule has 0 unspecified atom stereocenters. The lowest BCUT2D eigenvalue weighted by Gasteiger charge is -1.98. The van der Waals surface area contributed by atoms with E-state index in [1.54, 1.807) is 0 Å². The molecule has 8 heteroatoms. The lowest BCUT2D eigenvalue weighted by atomic mass is 10.2. The molecule has 0 amide bonds. The highest BCUT2D eigenvalue weighted by Crippen LogP contribution is 2.23. The van der Waals surface area contributed by atoms with Gasteiger partial charge in [-0.05, 0) is 24.8 Å². The van der Waals surface area contributed by atoms with Gasteiger partial charge in [-0.1, -0.05) is 29.3 Å². The van der Waals surface area contributed by atoms with Crippen LogP contribution in [0.1, 0.15) is 5.56 Å². The first-order valence-electron chi connectivity index (χ1n) is 3.70. The van der Waals surface area contributed by atoms with E-state index in [0.29, 0.717) is 15.8 Å². The number of rotatable bonds is 1. The van der Waals surface area contributed by atoms with E-state index < -0.39 is 7.25 Å². The fourth-order valence-corrected chi connectivity index (χ4v) is 1.84. The zero-order valence-corrected chi connectivity index (χ0v) is 9.80. The van der Waals surface area contributed by atoms with Gasteiger partial charge < -0.3 is 17.3 Å². The van der Waals surface area contributed by atoms with Crippen LogP contribution in [0.25, 0.3) is 0 Å². The summed E-state index contributed by atoms with van der Waals surface area (Å²) in [5.74, 6) is 0.693. The van der Waals surface area contributed by atoms with E-state index >= 15 is 0 Å². The Morgan fingerprint density at radius 3 is 1.60 bits per heavy atom. The monoisotopic (exact) mass is 280 g/mol. The molecule has 1 aromatic carbocycles. The zero-order chi connectivity index (χ0) is 12.1. The van der Waals surface area contributed by atoms with Gasteiger partial charge in [0.1, 0.15) is 5.75 Å². The molecule has 15 heavy (non-hydrogen) atoms. The van der Waals surface area contributed by atoms with Gasteiger partial charge in [-0.25, -0.2) is 0 Å². The third-order valence-electron chi connectivity index (χ3n) is 1.24. The summed E-state index contributed by atoms with van der Waals surface area (Å²) in [5.41, 5.74) is 0.947. The molecule has 0 atom stereocenters. The molecule has 0 aliphatic rings. The maximum absolute atomic E-state index is 9.75. The summed E-state index contributed by atoms with van der Waals surface area (Å²) < 4.78 is 39.0. The molecule has 86 valence electrons. The Morgan fingerprint density at radius 1 is 1.07 bits per heavy atom. The standard InChI is InChI=1S/C7H6Cl2S.BF4/c8-6-2-1-3-7(9)5(6)4-10;2-1(3,4)5/h1-3,10H,4H2;/q;-1/p+1. The number of hydrogen-bond donors (Lipinski definition) is 0. The number of hydrogen-bond acceptors (Lipinski definition) is 0. The molecule has 0 aromatic heterocycles. The van der Waals surface area contributed by atoms with Crippen LogP contribution in [0.15, 0.2) is 18.2 Å². The van der Waals surface area contributed by atoms with Gasteiger partial charge in [0.05, 0.1) is 0 Å². The maximum Gasteiger partial charge on any atom is 0.673 e. The first-order valence-corrected chi connectivity index (χ1v) is 5.16. The second kappa shape index (κ2) is 6.50. The molecule has 0 heterocycles. The summed E-state index contributed by atoms with van der Waals surface area (Å²) in [4.78, 5) is 0. The maximum atomic E-state index is 9.75. The Balaban J connectivity index is 0.000000336. The van der Waals surface area contributed by atoms with Crippen molar-refractivity contribution in [1.29, 1.82) is 0 Å². The fraction of sp³-hybridized carbons (Fsp3) is 0.143. The first kappa shape index (κ1) is 14.9. The molecular weight excluding hydrogens is 274 g/mol. The van der Waals surface area contributed by atoms with E-state index in [-0.39, 0.29) is 0 Å². The van der Waals surface area contributed by atoms with Crippen molar-refractivity contribution in [2.24, 2.45) is 0 Å². The highest BCUT2D eigenvalue weighted by atomic mass is 35.5. The molecule has 0 aliphatic carbocycles. The van der Waals surface area contributed by atoms with Crippen LogP contribution < -0.4 is 0 Å². The van der Waals surface area contributed by atoms with Gasteiger partial charge in [0.2, 0.25) is 0 Å². The van der Waals surface area contributed by atoms with E-state index in [2.05, 4.69) is 12.6 Å². The summed E-state index contributed by atoms with van der Waals surface area (Å²) in [6, 6.07) is 5.47. The van der Waals surface area contributed by atoms with E-state index in [1.807, 2.05) is 18.2 Å². The third kappa shape index (κ3) is 7.82. The van der Waals surface area contributed by atoms with Crippen molar-refractivity contribution < 1.29 is 17.3 Å². The summed E-state index contributed by atoms with van der Waals surface area (Å²) in [6.45, 7) is 0. The second-order valence-corrected chi connectivity index (χ2v) is 3.54. The van der Waals surface area contributed by atoms with Crippen LogP contribution in [0.2, 0.25) is 10.0 Å². The molecule has 0 saturated carbocycles. The molecule has 0 radical (unpaired) electrons. The first-order chi connectivity index (χ1) is 6.75. The number of benzene rings is 1. The average molecular weight is 281 g/mol. The van der Waals surface area contributed by atoms with E-state index in [9.17, 15) is 17.3 Å². The van der Waals surface area contributed by atoms with Gasteiger partial charge in [0.15, 0.2) is 0 Å². The summed E-state index contributed by atoms with van der Waals surface area (Å²) in [7, 11) is -6.00. The van der Waals surface area contributed by atoms with Gasteiger partial charge in [-0.2, -0.15) is 0 Å². The van der Waals surface area contributed by atoms with Gasteiger partial charge in [-0.15, -0.1) is 0 Å². The summed E-state index contributed by atoms with van der Waals surface area (Å²) in [6.07, 6.45) is 0. The van der Waals surface area contributed by atoms with Gasteiger partial charge >= 0.3 is 7.25 Å². The van der Waals surface area contributed by atoms with Crippen LogP contribution in [0.4, 0.5) is 17.3 Å². The quantitative estimate of drug-likeness (QED) is 0.417. The van der Waals surface area contributed by atoms with Crippen LogP contribution in [-0.4, -0.2) is 7.25 Å². The molecule has 0 N–H and O–H groups in total. The number of halogens is 6. The van der Waals surface area contributed by atoms with Crippen molar-refractivity contribution in [3.05, 3.63) is 33.8 Å². The second-order valence-electron chi connectivity index (χ2n) is 2.37. The van der Waals surface area contributed by atoms with Gasteiger partial charge in [0.25, 0.3) is 0 Å².